The van der Waals surface area contributed by atoms with Crippen LogP contribution in [0.3, 0.4) is 0 Å². The highest BCUT2D eigenvalue weighted by atomic mass is 35.5. The maximum Gasteiger partial charge on any atom is 0.338 e. The van der Waals surface area contributed by atoms with E-state index in [4.69, 9.17) is 16.3 Å². The SMILES string of the molecule is CCOC(=O)C1=C(CN2CCN(C(=O)c3ccc(F)cc3)C(C)C2)N(C)C(=O)NC1c1ccc(Cl)cc1. The summed E-state index contributed by atoms with van der Waals surface area (Å²) in [5.74, 6) is -1.05. The van der Waals surface area contributed by atoms with Crippen molar-refractivity contribution in [3.8, 4) is 0 Å². The van der Waals surface area contributed by atoms with E-state index in [-0.39, 0.29) is 24.6 Å². The molecule has 0 bridgehead atoms. The molecule has 37 heavy (non-hydrogen) atoms. The van der Waals surface area contributed by atoms with Gasteiger partial charge in [-0.15, -0.1) is 0 Å². The van der Waals surface area contributed by atoms with Crippen molar-refractivity contribution in [1.82, 2.24) is 20.0 Å². The number of hydrogen-bond acceptors (Lipinski definition) is 5. The number of likely N-dealkylation sites (N-methyl/N-ethyl adjacent to an activating group) is 1. The van der Waals surface area contributed by atoms with Crippen molar-refractivity contribution < 1.29 is 23.5 Å². The molecule has 1 saturated heterocycles. The number of rotatable bonds is 6. The quantitative estimate of drug-likeness (QED) is 0.576. The van der Waals surface area contributed by atoms with E-state index in [1.807, 2.05) is 6.92 Å². The van der Waals surface area contributed by atoms with Crippen LogP contribution in [0.15, 0.2) is 59.8 Å². The van der Waals surface area contributed by atoms with E-state index in [0.717, 1.165) is 5.56 Å². The first-order chi connectivity index (χ1) is 17.7. The molecule has 2 heterocycles. The minimum Gasteiger partial charge on any atom is -0.463 e. The number of carbonyl (C=O) groups is 3. The molecule has 8 nitrogen and oxygen atoms in total. The number of benzene rings is 2. The van der Waals surface area contributed by atoms with Gasteiger partial charge in [-0.25, -0.2) is 14.0 Å². The Labute approximate surface area is 220 Å². The maximum absolute atomic E-state index is 13.3. The summed E-state index contributed by atoms with van der Waals surface area (Å²) in [4.78, 5) is 44.4. The molecule has 0 radical (unpaired) electrons. The molecule has 0 saturated carbocycles. The Morgan fingerprint density at radius 2 is 1.78 bits per heavy atom. The van der Waals surface area contributed by atoms with Crippen LogP contribution in [0.25, 0.3) is 0 Å². The average Bonchev–Trinajstić information content (AvgIpc) is 2.87. The Kier molecular flexibility index (Phi) is 8.14. The van der Waals surface area contributed by atoms with E-state index in [1.165, 1.54) is 29.2 Å². The minimum atomic E-state index is -0.686. The maximum atomic E-state index is 13.3. The molecule has 10 heteroatoms. The summed E-state index contributed by atoms with van der Waals surface area (Å²) in [6.45, 7) is 5.73. The van der Waals surface area contributed by atoms with Crippen LogP contribution in [-0.2, 0) is 9.53 Å². The lowest BCUT2D eigenvalue weighted by atomic mass is 9.94. The highest BCUT2D eigenvalue weighted by Crippen LogP contribution is 2.32. The van der Waals surface area contributed by atoms with E-state index < -0.39 is 17.8 Å². The van der Waals surface area contributed by atoms with Gasteiger partial charge in [-0.1, -0.05) is 23.7 Å². The molecule has 0 spiro atoms. The van der Waals surface area contributed by atoms with Crippen LogP contribution in [-0.4, -0.2) is 78.5 Å². The van der Waals surface area contributed by atoms with Crippen molar-refractivity contribution in [2.45, 2.75) is 25.9 Å². The third kappa shape index (κ3) is 5.78. The van der Waals surface area contributed by atoms with E-state index in [2.05, 4.69) is 10.2 Å². The second-order valence-electron chi connectivity index (χ2n) is 9.16. The fraction of sp³-hybridized carbons (Fsp3) is 0.370. The molecular formula is C27H30ClFN4O4. The molecule has 2 aromatic rings. The van der Waals surface area contributed by atoms with Gasteiger partial charge >= 0.3 is 12.0 Å². The second-order valence-corrected chi connectivity index (χ2v) is 9.60. The second kappa shape index (κ2) is 11.3. The zero-order valence-electron chi connectivity index (χ0n) is 21.0. The number of esters is 1. The van der Waals surface area contributed by atoms with Crippen molar-refractivity contribution in [3.63, 3.8) is 0 Å². The highest BCUT2D eigenvalue weighted by molar-refractivity contribution is 6.30. The molecule has 3 amide bonds. The summed E-state index contributed by atoms with van der Waals surface area (Å²) in [6, 6.07) is 11.3. The smallest absolute Gasteiger partial charge is 0.338 e. The lowest BCUT2D eigenvalue weighted by Crippen LogP contribution is -2.56. The van der Waals surface area contributed by atoms with Gasteiger partial charge in [0.2, 0.25) is 0 Å². The Bertz CT molecular complexity index is 1200. The molecule has 4 rings (SSSR count). The number of nitrogens with one attached hydrogen (secondary N) is 1. The monoisotopic (exact) mass is 528 g/mol. The van der Waals surface area contributed by atoms with Gasteiger partial charge in [-0.3, -0.25) is 14.6 Å². The summed E-state index contributed by atoms with van der Waals surface area (Å²) >= 11 is 6.05. The van der Waals surface area contributed by atoms with E-state index >= 15 is 0 Å². The van der Waals surface area contributed by atoms with Crippen LogP contribution in [0.2, 0.25) is 5.02 Å². The zero-order valence-corrected chi connectivity index (χ0v) is 21.8. The van der Waals surface area contributed by atoms with Crippen LogP contribution >= 0.6 is 11.6 Å². The Morgan fingerprint density at radius 3 is 2.41 bits per heavy atom. The standard InChI is InChI=1S/C27H30ClFN4O4/c1-4-37-26(35)23-22(31(3)27(36)30-24(23)18-5-9-20(28)10-6-18)16-32-13-14-33(17(2)15-32)25(34)19-7-11-21(29)12-8-19/h5-12,17,24H,4,13-16H2,1-3H3,(H,30,36). The first-order valence-corrected chi connectivity index (χ1v) is 12.6. The van der Waals surface area contributed by atoms with Crippen LogP contribution in [0.5, 0.6) is 0 Å². The number of halogens is 2. The number of piperazine rings is 1. The number of urea groups is 1. The molecule has 2 atom stereocenters. The van der Waals surface area contributed by atoms with E-state index in [9.17, 15) is 18.8 Å². The van der Waals surface area contributed by atoms with Gasteiger partial charge in [0.25, 0.3) is 5.91 Å². The molecule has 2 aromatic carbocycles. The lowest BCUT2D eigenvalue weighted by Gasteiger charge is -2.42. The van der Waals surface area contributed by atoms with Crippen LogP contribution in [0.4, 0.5) is 9.18 Å². The molecule has 2 aliphatic heterocycles. The Balaban J connectivity index is 1.59. The zero-order chi connectivity index (χ0) is 26.7. The van der Waals surface area contributed by atoms with Gasteiger partial charge in [-0.05, 0) is 55.8 Å². The Hall–Kier alpha value is -3.43. The fourth-order valence-electron chi connectivity index (χ4n) is 4.75. The van der Waals surface area contributed by atoms with Gasteiger partial charge in [0.05, 0.1) is 18.2 Å². The van der Waals surface area contributed by atoms with Gasteiger partial charge in [0, 0.05) is 55.6 Å². The van der Waals surface area contributed by atoms with Crippen LogP contribution in [0, 0.1) is 5.82 Å². The number of ether oxygens (including phenoxy) is 1. The molecule has 2 unspecified atom stereocenters. The van der Waals surface area contributed by atoms with E-state index in [1.54, 1.807) is 43.1 Å². The normalized spacial score (nSPS) is 20.6. The van der Waals surface area contributed by atoms with Crippen molar-refractivity contribution in [1.29, 1.82) is 0 Å². The van der Waals surface area contributed by atoms with Crippen molar-refractivity contribution in [2.75, 3.05) is 39.8 Å². The summed E-state index contributed by atoms with van der Waals surface area (Å²) in [5.41, 5.74) is 2.06. The van der Waals surface area contributed by atoms with E-state index in [0.29, 0.717) is 48.0 Å². The fourth-order valence-corrected chi connectivity index (χ4v) is 4.88. The van der Waals surface area contributed by atoms with Gasteiger partial charge in [0.1, 0.15) is 5.82 Å². The third-order valence-corrected chi connectivity index (χ3v) is 6.96. The van der Waals surface area contributed by atoms with Crippen LogP contribution < -0.4 is 5.32 Å². The predicted molar refractivity (Wildman–Crippen MR) is 137 cm³/mol. The number of amides is 3. The number of hydrogen-bond donors (Lipinski definition) is 1. The summed E-state index contributed by atoms with van der Waals surface area (Å²) in [6.07, 6.45) is 0. The molecule has 1 N–H and O–H groups in total. The average molecular weight is 529 g/mol. The topological polar surface area (TPSA) is 82.2 Å². The lowest BCUT2D eigenvalue weighted by molar-refractivity contribution is -0.139. The van der Waals surface area contributed by atoms with Crippen LogP contribution in [0.1, 0.15) is 35.8 Å². The first kappa shape index (κ1) is 26.6. The predicted octanol–water partition coefficient (Wildman–Crippen LogP) is 3.84. The van der Waals surface area contributed by atoms with Crippen molar-refractivity contribution >= 4 is 29.5 Å². The van der Waals surface area contributed by atoms with Gasteiger partial charge in [0.15, 0.2) is 0 Å². The number of nitrogens with zero attached hydrogens (tertiary/aromatic N) is 3. The van der Waals surface area contributed by atoms with Crippen molar-refractivity contribution in [3.05, 3.63) is 81.8 Å². The summed E-state index contributed by atoms with van der Waals surface area (Å²) in [7, 11) is 1.62. The molecule has 196 valence electrons. The first-order valence-electron chi connectivity index (χ1n) is 12.2. The van der Waals surface area contributed by atoms with Gasteiger partial charge < -0.3 is 15.0 Å². The highest BCUT2D eigenvalue weighted by Gasteiger charge is 2.38. The number of carbonyl (C=O) groups excluding carboxylic acids is 3. The van der Waals surface area contributed by atoms with Gasteiger partial charge in [-0.2, -0.15) is 0 Å². The largest absolute Gasteiger partial charge is 0.463 e. The molecule has 0 aliphatic carbocycles. The Morgan fingerprint density at radius 1 is 1.11 bits per heavy atom. The molecular weight excluding hydrogens is 499 g/mol. The molecule has 2 aliphatic rings. The molecule has 0 aromatic heterocycles. The molecule has 1 fully saturated rings. The summed E-state index contributed by atoms with van der Waals surface area (Å²) in [5, 5.41) is 3.45. The minimum absolute atomic E-state index is 0.132. The third-order valence-electron chi connectivity index (χ3n) is 6.71. The summed E-state index contributed by atoms with van der Waals surface area (Å²) < 4.78 is 18.7. The van der Waals surface area contributed by atoms with Crippen molar-refractivity contribution in [2.24, 2.45) is 0 Å².